The van der Waals surface area contributed by atoms with E-state index in [-0.39, 0.29) is 31.5 Å². The number of phosphoric ester groups is 1. The van der Waals surface area contributed by atoms with Gasteiger partial charge in [0.25, 0.3) is 0 Å². The summed E-state index contributed by atoms with van der Waals surface area (Å²) in [5.41, 5.74) is 4.73. The van der Waals surface area contributed by atoms with Crippen molar-refractivity contribution in [3.05, 3.63) is 60.6 Å². The molecule has 53 heavy (non-hydrogen) atoms. The van der Waals surface area contributed by atoms with Crippen LogP contribution < -0.4 is 5.73 Å². The molecule has 1 saturated heterocycles. The summed E-state index contributed by atoms with van der Waals surface area (Å²) in [6.45, 7) is 5.87. The van der Waals surface area contributed by atoms with Crippen LogP contribution in [-0.4, -0.2) is 83.3 Å². The lowest BCUT2D eigenvalue weighted by molar-refractivity contribution is -0.121. The summed E-state index contributed by atoms with van der Waals surface area (Å²) in [4.78, 5) is 15.8. The number of unbranched alkanes of at least 4 members (excludes halogenated alkanes) is 15. The molecule has 0 spiro atoms. The predicted octanol–water partition coefficient (Wildman–Crippen LogP) is 8.67. The number of ether oxygens (including phenoxy) is 3. The molecule has 302 valence electrons. The van der Waals surface area contributed by atoms with E-state index < -0.39 is 50.5 Å². The number of hydrogen-bond donors (Lipinski definition) is 3. The lowest BCUT2D eigenvalue weighted by atomic mass is 9.99. The summed E-state index contributed by atoms with van der Waals surface area (Å²) >= 11 is 6.12. The highest BCUT2D eigenvalue weighted by atomic mass is 35.5. The van der Waals surface area contributed by atoms with Crippen LogP contribution >= 0.6 is 19.4 Å². The third-order valence-electron chi connectivity index (χ3n) is 9.60. The molecular weight excluding hydrogens is 724 g/mol. The second kappa shape index (κ2) is 25.3. The molecule has 0 bridgehead atoms. The number of aliphatic imine (C=N–C) groups is 1. The van der Waals surface area contributed by atoms with Crippen molar-refractivity contribution < 1.29 is 42.2 Å². The van der Waals surface area contributed by atoms with Gasteiger partial charge in [0.1, 0.15) is 29.5 Å². The molecule has 2 aliphatic rings. The zero-order chi connectivity index (χ0) is 38.4. The Morgan fingerprint density at radius 3 is 2.13 bits per heavy atom. The molecule has 3 rings (SSSR count). The lowest BCUT2D eigenvalue weighted by Crippen LogP contribution is -2.47. The monoisotopic (exact) mass is 787 g/mol. The topological polar surface area (TPSA) is 145 Å². The van der Waals surface area contributed by atoms with Crippen LogP contribution in [0.5, 0.6) is 0 Å². The van der Waals surface area contributed by atoms with Gasteiger partial charge in [0.15, 0.2) is 12.4 Å². The van der Waals surface area contributed by atoms with Gasteiger partial charge in [-0.15, -0.1) is 11.6 Å². The lowest BCUT2D eigenvalue weighted by Gasteiger charge is -2.32. The molecule has 1 aromatic carbocycles. The minimum Gasteiger partial charge on any atom is -0.387 e. The van der Waals surface area contributed by atoms with Crippen molar-refractivity contribution in [2.75, 3.05) is 32.3 Å². The van der Waals surface area contributed by atoms with Crippen LogP contribution in [-0.2, 0) is 34.4 Å². The number of nitrogens with zero attached hydrogens (tertiary/aromatic N) is 2. The first kappa shape index (κ1) is 45.5. The number of amidine groups is 1. The molecule has 14 heteroatoms. The molecule has 4 N–H and O–H groups in total. The first-order chi connectivity index (χ1) is 25.6. The number of hydrogen-bond acceptors (Lipinski definition) is 10. The van der Waals surface area contributed by atoms with Gasteiger partial charge in [-0.25, -0.2) is 13.9 Å². The van der Waals surface area contributed by atoms with Crippen molar-refractivity contribution >= 4 is 25.3 Å². The summed E-state index contributed by atoms with van der Waals surface area (Å²) in [6.07, 6.45) is 17.6. The Morgan fingerprint density at radius 1 is 0.981 bits per heavy atom. The molecule has 0 saturated carbocycles. The second-order valence-corrected chi connectivity index (χ2v) is 15.8. The average Bonchev–Trinajstić information content (AvgIpc) is 3.40. The largest absolute Gasteiger partial charge is 0.472 e. The van der Waals surface area contributed by atoms with Crippen molar-refractivity contribution in [2.45, 2.75) is 146 Å². The Bertz CT molecular complexity index is 1280. The van der Waals surface area contributed by atoms with Gasteiger partial charge in [-0.3, -0.25) is 9.05 Å². The third-order valence-corrected chi connectivity index (χ3v) is 11.0. The van der Waals surface area contributed by atoms with Gasteiger partial charge >= 0.3 is 7.82 Å². The maximum absolute atomic E-state index is 15.3. The Balaban J connectivity index is 1.35. The quantitative estimate of drug-likeness (QED) is 0.0394. The molecule has 1 fully saturated rings. The molecule has 2 unspecified atom stereocenters. The van der Waals surface area contributed by atoms with Crippen LogP contribution in [0, 0.1) is 0 Å². The van der Waals surface area contributed by atoms with Crippen LogP contribution in [0.1, 0.15) is 115 Å². The molecule has 0 aromatic heterocycles. The van der Waals surface area contributed by atoms with Gasteiger partial charge < -0.3 is 34.8 Å². The maximum atomic E-state index is 15.3. The summed E-state index contributed by atoms with van der Waals surface area (Å²) in [5, 5.41) is 10.8. The van der Waals surface area contributed by atoms with E-state index in [1.54, 1.807) is 0 Å². The van der Waals surface area contributed by atoms with E-state index in [2.05, 4.69) is 18.5 Å². The van der Waals surface area contributed by atoms with Gasteiger partial charge in [-0.2, -0.15) is 0 Å². The molecule has 0 radical (unpaired) electrons. The average molecular weight is 788 g/mol. The summed E-state index contributed by atoms with van der Waals surface area (Å²) in [5.74, 6) is -0.190. The first-order valence-electron chi connectivity index (χ1n) is 19.5. The zero-order valence-electron chi connectivity index (χ0n) is 31.6. The summed E-state index contributed by atoms with van der Waals surface area (Å²) < 4.78 is 56.5. The van der Waals surface area contributed by atoms with Gasteiger partial charge in [0.2, 0.25) is 0 Å². The fourth-order valence-electron chi connectivity index (χ4n) is 6.32. The summed E-state index contributed by atoms with van der Waals surface area (Å²) in [6, 6.07) is 9.52. The van der Waals surface area contributed by atoms with Gasteiger partial charge in [0, 0.05) is 12.8 Å². The number of aliphatic hydroxyl groups excluding tert-OH is 1. The standard InChI is InChI=1S/C39H64ClFN3O8P/c1-3-4-5-6-7-8-9-10-11-12-13-14-15-16-17-21-26-48-28-34(49-27-33-22-19-18-20-23-33)29-50-53(46,47)51-31-39(30-40)37(45)36(41)38(52-39)44-25-24-35(42)43-32(44)2/h18-20,22-25,34,36-38,45H,2-17,21,26-31H2,1H3,(H2,42,43)(H,46,47)/t34?,36-,37+,38-,39-/m1/s1. The van der Waals surface area contributed by atoms with Crippen LogP contribution in [0.3, 0.4) is 0 Å². The Morgan fingerprint density at radius 2 is 1.57 bits per heavy atom. The Kier molecular flexibility index (Phi) is 21.8. The molecule has 2 aliphatic heterocycles. The summed E-state index contributed by atoms with van der Waals surface area (Å²) in [7, 11) is -4.74. The van der Waals surface area contributed by atoms with E-state index in [4.69, 9.17) is 40.6 Å². The Labute approximate surface area is 321 Å². The van der Waals surface area contributed by atoms with E-state index >= 15 is 4.39 Å². The van der Waals surface area contributed by atoms with Crippen LogP contribution in [0.25, 0.3) is 0 Å². The van der Waals surface area contributed by atoms with Crippen molar-refractivity contribution in [1.82, 2.24) is 4.90 Å². The van der Waals surface area contributed by atoms with E-state index in [1.807, 2.05) is 30.3 Å². The van der Waals surface area contributed by atoms with Crippen LogP contribution in [0.4, 0.5) is 4.39 Å². The molecule has 6 atom stereocenters. The van der Waals surface area contributed by atoms with Crippen molar-refractivity contribution in [3.63, 3.8) is 0 Å². The highest BCUT2D eigenvalue weighted by molar-refractivity contribution is 7.47. The molecular formula is C39H64ClFN3O8P. The predicted molar refractivity (Wildman–Crippen MR) is 208 cm³/mol. The number of aliphatic hydroxyl groups is 1. The van der Waals surface area contributed by atoms with E-state index in [0.29, 0.717) is 6.61 Å². The maximum Gasteiger partial charge on any atom is 0.472 e. The molecule has 0 amide bonds. The van der Waals surface area contributed by atoms with Gasteiger partial charge in [-0.1, -0.05) is 140 Å². The molecule has 1 aromatic rings. The second-order valence-electron chi connectivity index (χ2n) is 14.1. The first-order valence-corrected chi connectivity index (χ1v) is 21.5. The van der Waals surface area contributed by atoms with Crippen LogP contribution in [0.2, 0.25) is 0 Å². The molecule has 11 nitrogen and oxygen atoms in total. The third kappa shape index (κ3) is 16.8. The molecule has 0 aliphatic carbocycles. The number of alkyl halides is 2. The van der Waals surface area contributed by atoms with E-state index in [1.165, 1.54) is 107 Å². The van der Waals surface area contributed by atoms with Crippen molar-refractivity contribution in [3.8, 4) is 0 Å². The SMILES string of the molecule is C=C1N=C(N)C=CN1[C@@H]1O[C@](CCl)(COP(=O)(O)OCC(COCCCCCCCCCCCCCCCCCC)OCc2ccccc2)[C@@H](O)[C@H]1F. The minimum atomic E-state index is -4.74. The van der Waals surface area contributed by atoms with Crippen molar-refractivity contribution in [1.29, 1.82) is 0 Å². The normalized spacial score (nSPS) is 23.3. The van der Waals surface area contributed by atoms with E-state index in [9.17, 15) is 14.6 Å². The van der Waals surface area contributed by atoms with Crippen molar-refractivity contribution in [2.24, 2.45) is 10.7 Å². The van der Waals surface area contributed by atoms with E-state index in [0.717, 1.165) is 18.4 Å². The highest BCUT2D eigenvalue weighted by Gasteiger charge is 2.57. The highest BCUT2D eigenvalue weighted by Crippen LogP contribution is 2.47. The smallest absolute Gasteiger partial charge is 0.387 e. The molecule has 2 heterocycles. The van der Waals surface area contributed by atoms with Gasteiger partial charge in [-0.05, 0) is 18.1 Å². The number of phosphoric acid groups is 1. The Hall–Kier alpha value is -1.86. The number of rotatable bonds is 30. The van der Waals surface area contributed by atoms with Crippen LogP contribution in [0.15, 0.2) is 60.0 Å². The fraction of sp³-hybridized carbons (Fsp3) is 0.718. The number of halogens is 2. The zero-order valence-corrected chi connectivity index (χ0v) is 33.3. The number of benzene rings is 1. The minimum absolute atomic E-state index is 0.0888. The number of nitrogens with two attached hydrogens (primary N) is 1. The van der Waals surface area contributed by atoms with Gasteiger partial charge in [0.05, 0.1) is 32.3 Å². The fourth-order valence-corrected chi connectivity index (χ4v) is 7.43.